The Bertz CT molecular complexity index is 624. The summed E-state index contributed by atoms with van der Waals surface area (Å²) in [4.78, 5) is 14.1. The van der Waals surface area contributed by atoms with E-state index in [9.17, 15) is 4.79 Å². The third kappa shape index (κ3) is 3.03. The minimum absolute atomic E-state index is 0.199. The Hall–Kier alpha value is -2.20. The van der Waals surface area contributed by atoms with Crippen LogP contribution < -0.4 is 16.0 Å². The molecule has 0 saturated heterocycles. The average Bonchev–Trinajstić information content (AvgIpc) is 2.39. The fourth-order valence-electron chi connectivity index (χ4n) is 1.90. The van der Waals surface area contributed by atoms with Gasteiger partial charge in [0.15, 0.2) is 0 Å². The summed E-state index contributed by atoms with van der Waals surface area (Å²) in [6.45, 7) is 0. The highest BCUT2D eigenvalue weighted by Crippen LogP contribution is 2.32. The number of nitrogens with one attached hydrogen (secondary N) is 1. The quantitative estimate of drug-likeness (QED) is 0.853. The summed E-state index contributed by atoms with van der Waals surface area (Å²) in [7, 11) is 3.75. The van der Waals surface area contributed by atoms with Crippen molar-refractivity contribution in [3.05, 3.63) is 53.1 Å². The summed E-state index contributed by atoms with van der Waals surface area (Å²) in [5.41, 5.74) is 8.22. The van der Waals surface area contributed by atoms with Crippen molar-refractivity contribution in [1.29, 1.82) is 0 Å². The van der Waals surface area contributed by atoms with Gasteiger partial charge < -0.3 is 16.0 Å². The number of amides is 1. The van der Waals surface area contributed by atoms with Crippen molar-refractivity contribution in [2.75, 3.05) is 30.0 Å². The maximum Gasteiger partial charge on any atom is 0.255 e. The number of nitrogens with zero attached hydrogens (tertiary/aromatic N) is 1. The van der Waals surface area contributed by atoms with Crippen LogP contribution in [0.2, 0.25) is 5.02 Å². The van der Waals surface area contributed by atoms with Gasteiger partial charge >= 0.3 is 0 Å². The van der Waals surface area contributed by atoms with Gasteiger partial charge in [-0.1, -0.05) is 17.7 Å². The molecule has 0 radical (unpaired) electrons. The Morgan fingerprint density at radius 3 is 2.40 bits per heavy atom. The Labute approximate surface area is 123 Å². The van der Waals surface area contributed by atoms with Crippen molar-refractivity contribution < 1.29 is 4.79 Å². The van der Waals surface area contributed by atoms with Crippen LogP contribution in [-0.2, 0) is 0 Å². The number of nitrogens with two attached hydrogens (primary N) is 1. The Morgan fingerprint density at radius 1 is 1.15 bits per heavy atom. The van der Waals surface area contributed by atoms with Crippen molar-refractivity contribution in [1.82, 2.24) is 0 Å². The SMILES string of the molecule is CN(C)c1c(Cl)cccc1NC(=O)c1ccc(N)cc1. The topological polar surface area (TPSA) is 58.4 Å². The second-order valence-corrected chi connectivity index (χ2v) is 5.01. The number of carbonyl (C=O) groups excluding carboxylic acids is 1. The molecule has 0 atom stereocenters. The molecule has 0 aliphatic rings. The molecule has 0 aromatic heterocycles. The first-order chi connectivity index (χ1) is 9.49. The zero-order chi connectivity index (χ0) is 14.7. The van der Waals surface area contributed by atoms with Crippen LogP contribution in [0.25, 0.3) is 0 Å². The van der Waals surface area contributed by atoms with Crippen LogP contribution >= 0.6 is 11.6 Å². The molecule has 0 fully saturated rings. The number of benzene rings is 2. The predicted octanol–water partition coefficient (Wildman–Crippen LogP) is 3.24. The lowest BCUT2D eigenvalue weighted by Crippen LogP contribution is -2.17. The van der Waals surface area contributed by atoms with E-state index in [1.165, 1.54) is 0 Å². The number of para-hydroxylation sites is 1. The highest BCUT2D eigenvalue weighted by molar-refractivity contribution is 6.34. The summed E-state index contributed by atoms with van der Waals surface area (Å²) in [6.07, 6.45) is 0. The number of rotatable bonds is 3. The highest BCUT2D eigenvalue weighted by atomic mass is 35.5. The number of hydrogen-bond donors (Lipinski definition) is 2. The normalized spacial score (nSPS) is 10.2. The zero-order valence-corrected chi connectivity index (χ0v) is 12.1. The van der Waals surface area contributed by atoms with Crippen LogP contribution in [0.1, 0.15) is 10.4 Å². The lowest BCUT2D eigenvalue weighted by molar-refractivity contribution is 0.102. The maximum absolute atomic E-state index is 12.2. The van der Waals surface area contributed by atoms with Gasteiger partial charge in [0.1, 0.15) is 0 Å². The molecule has 1 amide bonds. The van der Waals surface area contributed by atoms with Crippen molar-refractivity contribution >= 4 is 34.6 Å². The molecule has 104 valence electrons. The molecule has 5 heteroatoms. The monoisotopic (exact) mass is 289 g/mol. The first kappa shape index (κ1) is 14.2. The van der Waals surface area contributed by atoms with Crippen LogP contribution in [0.15, 0.2) is 42.5 Å². The predicted molar refractivity (Wildman–Crippen MR) is 84.6 cm³/mol. The number of carbonyl (C=O) groups is 1. The minimum Gasteiger partial charge on any atom is -0.399 e. The van der Waals surface area contributed by atoms with Gasteiger partial charge in [0, 0.05) is 25.3 Å². The second-order valence-electron chi connectivity index (χ2n) is 4.61. The van der Waals surface area contributed by atoms with Gasteiger partial charge in [-0.2, -0.15) is 0 Å². The molecular weight excluding hydrogens is 274 g/mol. The first-order valence-corrected chi connectivity index (χ1v) is 6.49. The van der Waals surface area contributed by atoms with Crippen molar-refractivity contribution in [3.63, 3.8) is 0 Å². The molecule has 2 aromatic carbocycles. The second kappa shape index (κ2) is 5.84. The molecular formula is C15H16ClN3O. The van der Waals surface area contributed by atoms with Crippen LogP contribution in [0, 0.1) is 0 Å². The van der Waals surface area contributed by atoms with E-state index in [0.29, 0.717) is 22.0 Å². The third-order valence-electron chi connectivity index (χ3n) is 2.86. The van der Waals surface area contributed by atoms with E-state index in [2.05, 4.69) is 5.32 Å². The third-order valence-corrected chi connectivity index (χ3v) is 3.16. The fraction of sp³-hybridized carbons (Fsp3) is 0.133. The number of anilines is 3. The fourth-order valence-corrected chi connectivity index (χ4v) is 2.24. The molecule has 20 heavy (non-hydrogen) atoms. The Kier molecular flexibility index (Phi) is 4.15. The summed E-state index contributed by atoms with van der Waals surface area (Å²) < 4.78 is 0. The van der Waals surface area contributed by atoms with Gasteiger partial charge in [-0.15, -0.1) is 0 Å². The largest absolute Gasteiger partial charge is 0.399 e. The minimum atomic E-state index is -0.199. The van der Waals surface area contributed by atoms with E-state index in [0.717, 1.165) is 5.69 Å². The van der Waals surface area contributed by atoms with Crippen LogP contribution in [0.3, 0.4) is 0 Å². The van der Waals surface area contributed by atoms with Gasteiger partial charge in [0.25, 0.3) is 5.91 Å². The van der Waals surface area contributed by atoms with E-state index in [4.69, 9.17) is 17.3 Å². The van der Waals surface area contributed by atoms with E-state index >= 15 is 0 Å². The highest BCUT2D eigenvalue weighted by Gasteiger charge is 2.12. The van der Waals surface area contributed by atoms with Crippen LogP contribution in [0.4, 0.5) is 17.1 Å². The van der Waals surface area contributed by atoms with E-state index in [1.807, 2.05) is 25.1 Å². The first-order valence-electron chi connectivity index (χ1n) is 6.12. The number of halogens is 1. The van der Waals surface area contributed by atoms with E-state index < -0.39 is 0 Å². The van der Waals surface area contributed by atoms with Gasteiger partial charge in [0.2, 0.25) is 0 Å². The average molecular weight is 290 g/mol. The molecule has 0 saturated carbocycles. The molecule has 0 bridgehead atoms. The summed E-state index contributed by atoms with van der Waals surface area (Å²) in [5, 5.41) is 3.45. The summed E-state index contributed by atoms with van der Waals surface area (Å²) in [6, 6.07) is 12.2. The van der Waals surface area contributed by atoms with Gasteiger partial charge in [0.05, 0.1) is 16.4 Å². The molecule has 0 spiro atoms. The van der Waals surface area contributed by atoms with E-state index in [-0.39, 0.29) is 5.91 Å². The lowest BCUT2D eigenvalue weighted by Gasteiger charge is -2.19. The van der Waals surface area contributed by atoms with Crippen molar-refractivity contribution in [2.24, 2.45) is 0 Å². The van der Waals surface area contributed by atoms with Crippen LogP contribution in [-0.4, -0.2) is 20.0 Å². The molecule has 0 aliphatic carbocycles. The summed E-state index contributed by atoms with van der Waals surface area (Å²) >= 11 is 6.17. The van der Waals surface area contributed by atoms with E-state index in [1.54, 1.807) is 36.4 Å². The van der Waals surface area contributed by atoms with Gasteiger partial charge in [-0.05, 0) is 36.4 Å². The van der Waals surface area contributed by atoms with Crippen LogP contribution in [0.5, 0.6) is 0 Å². The molecule has 3 N–H and O–H groups in total. The lowest BCUT2D eigenvalue weighted by atomic mass is 10.2. The van der Waals surface area contributed by atoms with Crippen molar-refractivity contribution in [3.8, 4) is 0 Å². The number of hydrogen-bond acceptors (Lipinski definition) is 3. The molecule has 4 nitrogen and oxygen atoms in total. The van der Waals surface area contributed by atoms with Gasteiger partial charge in [-0.25, -0.2) is 0 Å². The molecule has 0 aliphatic heterocycles. The smallest absolute Gasteiger partial charge is 0.255 e. The Morgan fingerprint density at radius 2 is 1.80 bits per heavy atom. The molecule has 0 unspecified atom stereocenters. The van der Waals surface area contributed by atoms with Gasteiger partial charge in [-0.3, -0.25) is 4.79 Å². The standard InChI is InChI=1S/C15H16ClN3O/c1-19(2)14-12(16)4-3-5-13(14)18-15(20)10-6-8-11(17)9-7-10/h3-9H,17H2,1-2H3,(H,18,20). The molecule has 0 heterocycles. The maximum atomic E-state index is 12.2. The molecule has 2 rings (SSSR count). The number of nitrogen functional groups attached to an aromatic ring is 1. The summed E-state index contributed by atoms with van der Waals surface area (Å²) in [5.74, 6) is -0.199. The zero-order valence-electron chi connectivity index (χ0n) is 11.4. The molecule has 2 aromatic rings. The Balaban J connectivity index is 2.28. The van der Waals surface area contributed by atoms with Crippen molar-refractivity contribution in [2.45, 2.75) is 0 Å².